The fourth-order valence-electron chi connectivity index (χ4n) is 0.856. The van der Waals surface area contributed by atoms with Gasteiger partial charge in [0.1, 0.15) is 0 Å². The first-order valence-electron chi connectivity index (χ1n) is 4.64. The Hall–Kier alpha value is -1.33. The lowest BCUT2D eigenvalue weighted by atomic mass is 10.2. The van der Waals surface area contributed by atoms with E-state index in [1.807, 2.05) is 13.8 Å². The summed E-state index contributed by atoms with van der Waals surface area (Å²) in [6.07, 6.45) is 0. The van der Waals surface area contributed by atoms with Gasteiger partial charge < -0.3 is 4.74 Å². The van der Waals surface area contributed by atoms with E-state index in [0.29, 0.717) is 0 Å². The summed E-state index contributed by atoms with van der Waals surface area (Å²) in [4.78, 5) is 0. The van der Waals surface area contributed by atoms with Gasteiger partial charge in [0.2, 0.25) is 29.1 Å². The lowest BCUT2D eigenvalue weighted by Gasteiger charge is -2.07. The van der Waals surface area contributed by atoms with Crippen LogP contribution < -0.4 is 4.74 Å². The molecule has 0 aliphatic carbocycles. The van der Waals surface area contributed by atoms with E-state index in [9.17, 15) is 22.0 Å². The summed E-state index contributed by atoms with van der Waals surface area (Å²) in [6, 6.07) is 0. The van der Waals surface area contributed by atoms with Crippen LogP contribution in [0, 0.1) is 29.1 Å². The minimum absolute atomic E-state index is 0.196. The third-order valence-electron chi connectivity index (χ3n) is 1.46. The Labute approximate surface area is 89.8 Å². The van der Waals surface area contributed by atoms with E-state index in [4.69, 9.17) is 0 Å². The van der Waals surface area contributed by atoms with Crippen molar-refractivity contribution in [2.45, 2.75) is 20.8 Å². The largest absolute Gasteiger partial charge is 0.488 e. The Kier molecular flexibility index (Phi) is 5.77. The second kappa shape index (κ2) is 6.30. The molecule has 1 rings (SSSR count). The van der Waals surface area contributed by atoms with Crippen LogP contribution in [0.15, 0.2) is 0 Å². The molecule has 0 aromatic heterocycles. The highest BCUT2D eigenvalue weighted by atomic mass is 19.2. The second-order valence-corrected chi connectivity index (χ2v) is 2.33. The Balaban J connectivity index is 0.00000106. The minimum Gasteiger partial charge on any atom is -0.488 e. The number of ether oxygens (including phenoxy) is 1. The molecule has 1 nitrogen and oxygen atoms in total. The Morgan fingerprint density at radius 2 is 1.06 bits per heavy atom. The topological polar surface area (TPSA) is 9.23 Å². The zero-order chi connectivity index (χ0) is 12.9. The van der Waals surface area contributed by atoms with Crippen molar-refractivity contribution >= 4 is 0 Å². The maximum absolute atomic E-state index is 12.7. The molecule has 0 spiro atoms. The van der Waals surface area contributed by atoms with Gasteiger partial charge in [0, 0.05) is 0 Å². The van der Waals surface area contributed by atoms with E-state index in [1.54, 1.807) is 0 Å². The number of benzene rings is 1. The highest BCUT2D eigenvalue weighted by Crippen LogP contribution is 2.28. The highest BCUT2D eigenvalue weighted by molar-refractivity contribution is 5.29. The number of hydrogen-bond acceptors (Lipinski definition) is 1. The molecule has 16 heavy (non-hydrogen) atoms. The molecule has 0 aliphatic heterocycles. The van der Waals surface area contributed by atoms with Crippen molar-refractivity contribution in [3.8, 4) is 5.75 Å². The van der Waals surface area contributed by atoms with Crippen LogP contribution in [0.25, 0.3) is 0 Å². The van der Waals surface area contributed by atoms with Crippen molar-refractivity contribution in [1.29, 1.82) is 0 Å². The molecule has 6 heteroatoms. The summed E-state index contributed by atoms with van der Waals surface area (Å²) >= 11 is 0. The van der Waals surface area contributed by atoms with Gasteiger partial charge in [-0.25, -0.2) is 13.2 Å². The molecule has 0 saturated carbocycles. The predicted octanol–water partition coefficient (Wildman–Crippen LogP) is 3.81. The Bertz CT molecular complexity index is 336. The highest BCUT2D eigenvalue weighted by Gasteiger charge is 2.26. The van der Waals surface area contributed by atoms with Gasteiger partial charge >= 0.3 is 0 Å². The molecule has 0 atom stereocenters. The Morgan fingerprint density at radius 1 is 0.750 bits per heavy atom. The second-order valence-electron chi connectivity index (χ2n) is 2.33. The molecule has 0 bridgehead atoms. The van der Waals surface area contributed by atoms with E-state index in [-0.39, 0.29) is 6.61 Å². The lowest BCUT2D eigenvalue weighted by molar-refractivity contribution is 0.275. The van der Waals surface area contributed by atoms with Crippen LogP contribution in [0.1, 0.15) is 20.8 Å². The molecule has 0 saturated heterocycles. The molecule has 0 aliphatic rings. The Morgan fingerprint density at radius 3 is 1.38 bits per heavy atom. The quantitative estimate of drug-likeness (QED) is 0.435. The summed E-state index contributed by atoms with van der Waals surface area (Å²) in [5.41, 5.74) is 0. The molecule has 1 aromatic carbocycles. The molecular formula is C10H11F5O. The molecule has 0 heterocycles. The monoisotopic (exact) mass is 242 g/mol. The smallest absolute Gasteiger partial charge is 0.206 e. The van der Waals surface area contributed by atoms with Crippen LogP contribution in [-0.2, 0) is 0 Å². The maximum atomic E-state index is 12.7. The average Bonchev–Trinajstić information content (AvgIpc) is 2.32. The van der Waals surface area contributed by atoms with E-state index in [1.165, 1.54) is 6.92 Å². The maximum Gasteiger partial charge on any atom is 0.206 e. The zero-order valence-corrected chi connectivity index (χ0v) is 9.01. The number of halogens is 5. The van der Waals surface area contributed by atoms with Crippen LogP contribution in [0.2, 0.25) is 0 Å². The summed E-state index contributed by atoms with van der Waals surface area (Å²) in [5.74, 6) is -11.4. The average molecular weight is 242 g/mol. The summed E-state index contributed by atoms with van der Waals surface area (Å²) < 4.78 is 67.2. The van der Waals surface area contributed by atoms with Gasteiger partial charge in [-0.2, -0.15) is 8.78 Å². The van der Waals surface area contributed by atoms with E-state index < -0.39 is 34.8 Å². The van der Waals surface area contributed by atoms with Crippen molar-refractivity contribution in [1.82, 2.24) is 0 Å². The van der Waals surface area contributed by atoms with Crippen LogP contribution >= 0.6 is 0 Å². The van der Waals surface area contributed by atoms with Crippen LogP contribution in [-0.4, -0.2) is 6.61 Å². The lowest BCUT2D eigenvalue weighted by Crippen LogP contribution is -2.06. The van der Waals surface area contributed by atoms with Gasteiger partial charge in [-0.15, -0.1) is 0 Å². The van der Waals surface area contributed by atoms with E-state index in [0.717, 1.165) is 0 Å². The normalized spacial score (nSPS) is 9.50. The van der Waals surface area contributed by atoms with Crippen LogP contribution in [0.3, 0.4) is 0 Å². The molecular weight excluding hydrogens is 231 g/mol. The fourth-order valence-corrected chi connectivity index (χ4v) is 0.856. The van der Waals surface area contributed by atoms with Crippen molar-refractivity contribution in [3.63, 3.8) is 0 Å². The summed E-state index contributed by atoms with van der Waals surface area (Å²) in [5, 5.41) is 0. The first-order valence-corrected chi connectivity index (χ1v) is 4.64. The van der Waals surface area contributed by atoms with Gasteiger partial charge in [0.25, 0.3) is 0 Å². The SMILES string of the molecule is CC.CCOc1c(F)c(F)c(F)c(F)c1F. The van der Waals surface area contributed by atoms with Crippen molar-refractivity contribution < 1.29 is 26.7 Å². The summed E-state index contributed by atoms with van der Waals surface area (Å²) in [6.45, 7) is 5.16. The van der Waals surface area contributed by atoms with E-state index >= 15 is 0 Å². The number of rotatable bonds is 2. The van der Waals surface area contributed by atoms with Gasteiger partial charge in [-0.1, -0.05) is 13.8 Å². The summed E-state index contributed by atoms with van der Waals surface area (Å²) in [7, 11) is 0. The molecule has 0 N–H and O–H groups in total. The molecule has 0 fully saturated rings. The third-order valence-corrected chi connectivity index (χ3v) is 1.46. The standard InChI is InChI=1S/C8H5F5O.C2H6/c1-2-14-8-6(12)4(10)3(9)5(11)7(8)13;1-2/h2H2,1H3;1-2H3. The van der Waals surface area contributed by atoms with Gasteiger partial charge in [0.15, 0.2) is 5.75 Å². The van der Waals surface area contributed by atoms with Crippen LogP contribution in [0.4, 0.5) is 22.0 Å². The third kappa shape index (κ3) is 2.62. The van der Waals surface area contributed by atoms with Crippen molar-refractivity contribution in [2.75, 3.05) is 6.61 Å². The van der Waals surface area contributed by atoms with Gasteiger partial charge in [0.05, 0.1) is 6.61 Å². The molecule has 0 amide bonds. The molecule has 0 radical (unpaired) electrons. The minimum atomic E-state index is -2.19. The van der Waals surface area contributed by atoms with Crippen molar-refractivity contribution in [2.24, 2.45) is 0 Å². The first-order chi connectivity index (χ1) is 7.50. The molecule has 1 aromatic rings. The van der Waals surface area contributed by atoms with Crippen molar-refractivity contribution in [3.05, 3.63) is 29.1 Å². The van der Waals surface area contributed by atoms with Gasteiger partial charge in [-0.05, 0) is 6.92 Å². The zero-order valence-electron chi connectivity index (χ0n) is 9.01. The molecule has 92 valence electrons. The van der Waals surface area contributed by atoms with Gasteiger partial charge in [-0.3, -0.25) is 0 Å². The van der Waals surface area contributed by atoms with E-state index in [2.05, 4.69) is 4.74 Å². The van der Waals surface area contributed by atoms with Crippen LogP contribution in [0.5, 0.6) is 5.75 Å². The fraction of sp³-hybridized carbons (Fsp3) is 0.400. The molecule has 0 unspecified atom stereocenters. The number of hydrogen-bond donors (Lipinski definition) is 0. The first kappa shape index (κ1) is 14.7. The predicted molar refractivity (Wildman–Crippen MR) is 48.7 cm³/mol.